The Labute approximate surface area is 140 Å². The zero-order valence-corrected chi connectivity index (χ0v) is 13.0. The summed E-state index contributed by atoms with van der Waals surface area (Å²) in [6.45, 7) is 0.597. The van der Waals surface area contributed by atoms with E-state index in [0.29, 0.717) is 25.2 Å². The van der Waals surface area contributed by atoms with Gasteiger partial charge in [-0.2, -0.15) is 13.2 Å². The Bertz CT molecular complexity index is 774. The third kappa shape index (κ3) is 4.06. The number of nitrogens with zero attached hydrogens (tertiary/aromatic N) is 3. The Hall–Kier alpha value is -2.65. The highest BCUT2D eigenvalue weighted by Gasteiger charge is 2.35. The van der Waals surface area contributed by atoms with Gasteiger partial charge in [0.25, 0.3) is 0 Å². The lowest BCUT2D eigenvalue weighted by Gasteiger charge is -2.23. The first-order chi connectivity index (χ1) is 11.8. The molecule has 0 aliphatic carbocycles. The van der Waals surface area contributed by atoms with Crippen LogP contribution in [0.2, 0.25) is 0 Å². The van der Waals surface area contributed by atoms with Crippen molar-refractivity contribution in [2.75, 3.05) is 11.9 Å². The van der Waals surface area contributed by atoms with E-state index in [2.05, 4.69) is 20.6 Å². The van der Waals surface area contributed by atoms with Crippen molar-refractivity contribution >= 4 is 11.7 Å². The van der Waals surface area contributed by atoms with E-state index in [0.717, 1.165) is 12.4 Å². The van der Waals surface area contributed by atoms with Crippen LogP contribution in [0.15, 0.2) is 24.7 Å². The van der Waals surface area contributed by atoms with Crippen LogP contribution in [0, 0.1) is 11.7 Å². The number of rotatable bonds is 3. The molecule has 1 aliphatic rings. The fraction of sp³-hybridized carbons (Fsp3) is 0.400. The molecule has 2 aromatic rings. The first kappa shape index (κ1) is 17.2. The summed E-state index contributed by atoms with van der Waals surface area (Å²) >= 11 is 0. The molecule has 0 bridgehead atoms. The largest absolute Gasteiger partial charge is 0.434 e. The third-order valence-electron chi connectivity index (χ3n) is 3.95. The van der Waals surface area contributed by atoms with E-state index < -0.39 is 23.7 Å². The number of fused-ring (bicyclic) bond motifs is 1. The zero-order valence-electron chi connectivity index (χ0n) is 13.0. The van der Waals surface area contributed by atoms with E-state index >= 15 is 0 Å². The van der Waals surface area contributed by atoms with Gasteiger partial charge in [0.15, 0.2) is 11.5 Å². The Morgan fingerprint density at radius 1 is 1.40 bits per heavy atom. The number of hydrogen-bond donors (Lipinski definition) is 2. The molecule has 0 spiro atoms. The maximum absolute atomic E-state index is 13.4. The smallest absolute Gasteiger partial charge is 0.338 e. The number of carbonyl (C=O) groups is 1. The SMILES string of the molecule is O=C(NC[C@@H]1CCc2nc(C(F)(F)F)cn2C1)Nc1ccncc1F. The molecule has 1 aliphatic heterocycles. The molecule has 2 amide bonds. The monoisotopic (exact) mass is 357 g/mol. The number of anilines is 1. The van der Waals surface area contributed by atoms with Crippen LogP contribution in [0.1, 0.15) is 17.9 Å². The highest BCUT2D eigenvalue weighted by molar-refractivity contribution is 5.89. The van der Waals surface area contributed by atoms with Gasteiger partial charge in [-0.25, -0.2) is 14.2 Å². The number of imidazole rings is 1. The standard InChI is InChI=1S/C15H15F4N5O/c16-10-6-20-4-3-11(10)22-14(25)21-5-9-1-2-13-23-12(15(17,18)19)8-24(13)7-9/h3-4,6,8-9H,1-2,5,7H2,(H2,20,21,22,25)/t9-/m0/s1. The summed E-state index contributed by atoms with van der Waals surface area (Å²) < 4.78 is 52.9. The molecule has 0 saturated heterocycles. The van der Waals surface area contributed by atoms with Crippen molar-refractivity contribution in [1.82, 2.24) is 19.9 Å². The van der Waals surface area contributed by atoms with Gasteiger partial charge in [0, 0.05) is 31.9 Å². The molecule has 0 saturated carbocycles. The van der Waals surface area contributed by atoms with E-state index in [-0.39, 0.29) is 18.2 Å². The highest BCUT2D eigenvalue weighted by atomic mass is 19.4. The van der Waals surface area contributed by atoms with Gasteiger partial charge in [-0.05, 0) is 18.4 Å². The highest BCUT2D eigenvalue weighted by Crippen LogP contribution is 2.30. The number of halogens is 4. The molecule has 0 aromatic carbocycles. The molecule has 25 heavy (non-hydrogen) atoms. The first-order valence-corrected chi connectivity index (χ1v) is 7.60. The van der Waals surface area contributed by atoms with Gasteiger partial charge >= 0.3 is 12.2 Å². The summed E-state index contributed by atoms with van der Waals surface area (Å²) in [4.78, 5) is 19.0. The number of aryl methyl sites for hydroxylation is 1. The molecular formula is C15H15F4N5O. The van der Waals surface area contributed by atoms with E-state index in [9.17, 15) is 22.4 Å². The fourth-order valence-corrected chi connectivity index (χ4v) is 2.70. The van der Waals surface area contributed by atoms with Crippen LogP contribution in [0.3, 0.4) is 0 Å². The number of alkyl halides is 3. The first-order valence-electron chi connectivity index (χ1n) is 7.60. The molecule has 10 heteroatoms. The summed E-state index contributed by atoms with van der Waals surface area (Å²) in [7, 11) is 0. The Morgan fingerprint density at radius 2 is 2.20 bits per heavy atom. The van der Waals surface area contributed by atoms with Crippen LogP contribution in [0.5, 0.6) is 0 Å². The maximum Gasteiger partial charge on any atom is 0.434 e. The van der Waals surface area contributed by atoms with Crippen LogP contribution < -0.4 is 10.6 Å². The van der Waals surface area contributed by atoms with Crippen LogP contribution in [0.4, 0.5) is 28.0 Å². The second kappa shape index (κ2) is 6.69. The summed E-state index contributed by atoms with van der Waals surface area (Å²) in [6, 6.07) is 0.740. The lowest BCUT2D eigenvalue weighted by atomic mass is 9.99. The van der Waals surface area contributed by atoms with E-state index in [1.165, 1.54) is 16.8 Å². The summed E-state index contributed by atoms with van der Waals surface area (Å²) in [5.41, 5.74) is -0.898. The van der Waals surface area contributed by atoms with Crippen molar-refractivity contribution in [2.24, 2.45) is 5.92 Å². The number of nitrogens with one attached hydrogen (secondary N) is 2. The van der Waals surface area contributed by atoms with Gasteiger partial charge in [-0.3, -0.25) is 4.98 Å². The summed E-state index contributed by atoms with van der Waals surface area (Å²) in [5.74, 6) is -0.291. The molecule has 2 aromatic heterocycles. The summed E-state index contributed by atoms with van der Waals surface area (Å²) in [5, 5.41) is 4.96. The minimum atomic E-state index is -4.47. The average Bonchev–Trinajstić information content (AvgIpc) is 2.99. The van der Waals surface area contributed by atoms with Gasteiger partial charge in [-0.1, -0.05) is 0 Å². The molecule has 1 atom stereocenters. The summed E-state index contributed by atoms with van der Waals surface area (Å²) in [6.07, 6.45) is -0.129. The minimum absolute atomic E-state index is 0.00265. The van der Waals surface area contributed by atoms with Crippen molar-refractivity contribution in [3.05, 3.63) is 42.0 Å². The van der Waals surface area contributed by atoms with Gasteiger partial charge in [0.05, 0.1) is 11.9 Å². The molecule has 3 heterocycles. The van der Waals surface area contributed by atoms with Crippen molar-refractivity contribution < 1.29 is 22.4 Å². The van der Waals surface area contributed by atoms with Crippen LogP contribution in [0.25, 0.3) is 0 Å². The van der Waals surface area contributed by atoms with Crippen LogP contribution in [-0.2, 0) is 19.1 Å². The quantitative estimate of drug-likeness (QED) is 0.830. The minimum Gasteiger partial charge on any atom is -0.338 e. The van der Waals surface area contributed by atoms with Crippen molar-refractivity contribution in [1.29, 1.82) is 0 Å². The van der Waals surface area contributed by atoms with Gasteiger partial charge < -0.3 is 15.2 Å². The molecular weight excluding hydrogens is 342 g/mol. The molecule has 0 fully saturated rings. The van der Waals surface area contributed by atoms with Gasteiger partial charge in [0.1, 0.15) is 5.82 Å². The third-order valence-corrected chi connectivity index (χ3v) is 3.95. The van der Waals surface area contributed by atoms with Crippen LogP contribution in [-0.4, -0.2) is 27.1 Å². The fourth-order valence-electron chi connectivity index (χ4n) is 2.70. The molecule has 134 valence electrons. The van der Waals surface area contributed by atoms with Crippen molar-refractivity contribution in [3.8, 4) is 0 Å². The van der Waals surface area contributed by atoms with E-state index in [4.69, 9.17) is 0 Å². The average molecular weight is 357 g/mol. The topological polar surface area (TPSA) is 71.8 Å². The maximum atomic E-state index is 13.4. The van der Waals surface area contributed by atoms with Gasteiger partial charge in [0.2, 0.25) is 0 Å². The number of carbonyl (C=O) groups excluding carboxylic acids is 1. The van der Waals surface area contributed by atoms with Gasteiger partial charge in [-0.15, -0.1) is 0 Å². The number of urea groups is 1. The predicted molar refractivity (Wildman–Crippen MR) is 80.3 cm³/mol. The Kier molecular flexibility index (Phi) is 4.60. The predicted octanol–water partition coefficient (Wildman–Crippen LogP) is 2.82. The van der Waals surface area contributed by atoms with Crippen LogP contribution >= 0.6 is 0 Å². The number of aromatic nitrogens is 3. The normalized spacial score (nSPS) is 17.0. The number of pyridine rings is 1. The molecule has 0 radical (unpaired) electrons. The molecule has 6 nitrogen and oxygen atoms in total. The second-order valence-electron chi connectivity index (χ2n) is 5.79. The number of hydrogen-bond acceptors (Lipinski definition) is 3. The van der Waals surface area contributed by atoms with Crippen molar-refractivity contribution in [2.45, 2.75) is 25.6 Å². The van der Waals surface area contributed by atoms with E-state index in [1.807, 2.05) is 0 Å². The lowest BCUT2D eigenvalue weighted by Crippen LogP contribution is -2.36. The molecule has 0 unspecified atom stereocenters. The molecule has 3 rings (SSSR count). The van der Waals surface area contributed by atoms with Crippen molar-refractivity contribution in [3.63, 3.8) is 0 Å². The number of amides is 2. The molecule has 2 N–H and O–H groups in total. The Morgan fingerprint density at radius 3 is 2.92 bits per heavy atom. The lowest BCUT2D eigenvalue weighted by molar-refractivity contribution is -0.141. The Balaban J connectivity index is 1.54. The van der Waals surface area contributed by atoms with E-state index in [1.54, 1.807) is 0 Å². The second-order valence-corrected chi connectivity index (χ2v) is 5.79. The zero-order chi connectivity index (χ0) is 18.0.